The van der Waals surface area contributed by atoms with Crippen molar-refractivity contribution in [3.63, 3.8) is 0 Å². The molecule has 1 unspecified atom stereocenters. The van der Waals surface area contributed by atoms with E-state index in [-0.39, 0.29) is 18.4 Å². The monoisotopic (exact) mass is 225 g/mol. The van der Waals surface area contributed by atoms with E-state index in [1.807, 2.05) is 6.92 Å². The fourth-order valence-corrected chi connectivity index (χ4v) is 1.30. The number of hydrogen-bond donors (Lipinski definition) is 3. The van der Waals surface area contributed by atoms with Crippen molar-refractivity contribution < 1.29 is 9.90 Å². The second-order valence-electron chi connectivity index (χ2n) is 4.03. The Morgan fingerprint density at radius 3 is 3.06 bits per heavy atom. The molecule has 0 aromatic carbocycles. The van der Waals surface area contributed by atoms with E-state index in [9.17, 15) is 4.79 Å². The van der Waals surface area contributed by atoms with Crippen molar-refractivity contribution in [3.05, 3.63) is 17.5 Å². The molecule has 0 saturated heterocycles. The van der Waals surface area contributed by atoms with Crippen LogP contribution < -0.4 is 5.32 Å². The van der Waals surface area contributed by atoms with Crippen LogP contribution in [0, 0.1) is 5.92 Å². The van der Waals surface area contributed by atoms with E-state index >= 15 is 0 Å². The number of carbonyl (C=O) groups excluding carboxylic acids is 1. The largest absolute Gasteiger partial charge is 0.396 e. The van der Waals surface area contributed by atoms with Crippen molar-refractivity contribution in [2.24, 2.45) is 5.92 Å². The second-order valence-corrected chi connectivity index (χ2v) is 4.03. The average molecular weight is 225 g/mol. The molecule has 0 aliphatic carbocycles. The highest BCUT2D eigenvalue weighted by Gasteiger charge is 2.10. The fourth-order valence-electron chi connectivity index (χ4n) is 1.30. The van der Waals surface area contributed by atoms with Crippen molar-refractivity contribution in [1.82, 2.24) is 15.5 Å². The molecule has 1 atom stereocenters. The molecule has 0 saturated carbocycles. The highest BCUT2D eigenvalue weighted by molar-refractivity contribution is 5.92. The third-order valence-corrected chi connectivity index (χ3v) is 2.31. The van der Waals surface area contributed by atoms with Gasteiger partial charge in [0.25, 0.3) is 5.91 Å². The summed E-state index contributed by atoms with van der Waals surface area (Å²) >= 11 is 0. The molecule has 1 aromatic rings. The van der Waals surface area contributed by atoms with E-state index in [0.717, 1.165) is 18.5 Å². The molecule has 0 fully saturated rings. The summed E-state index contributed by atoms with van der Waals surface area (Å²) in [6.45, 7) is 4.48. The lowest BCUT2D eigenvalue weighted by atomic mass is 10.2. The van der Waals surface area contributed by atoms with Gasteiger partial charge in [0.05, 0.1) is 0 Å². The van der Waals surface area contributed by atoms with Gasteiger partial charge in [0.1, 0.15) is 5.69 Å². The summed E-state index contributed by atoms with van der Waals surface area (Å²) in [7, 11) is 0. The predicted octanol–water partition coefficient (Wildman–Crippen LogP) is 0.720. The molecule has 5 heteroatoms. The van der Waals surface area contributed by atoms with E-state index in [2.05, 4.69) is 22.4 Å². The average Bonchev–Trinajstić information content (AvgIpc) is 2.74. The van der Waals surface area contributed by atoms with Crippen molar-refractivity contribution in [2.45, 2.75) is 26.7 Å². The lowest BCUT2D eigenvalue weighted by molar-refractivity contribution is 0.0937. The van der Waals surface area contributed by atoms with Crippen molar-refractivity contribution in [2.75, 3.05) is 13.2 Å². The van der Waals surface area contributed by atoms with Crippen LogP contribution in [0.15, 0.2) is 6.07 Å². The first-order chi connectivity index (χ1) is 7.67. The number of aromatic amines is 1. The standard InChI is InChI=1S/C11H19N3O2/c1-3-4-9-5-10(14-13-9)11(16)12-6-8(2)7-15/h5,8,15H,3-4,6-7H2,1-2H3,(H,12,16)(H,13,14). The highest BCUT2D eigenvalue weighted by Crippen LogP contribution is 2.02. The van der Waals surface area contributed by atoms with Crippen LogP contribution in [0.2, 0.25) is 0 Å². The number of aryl methyl sites for hydroxylation is 1. The van der Waals surface area contributed by atoms with Crippen LogP contribution in [-0.2, 0) is 6.42 Å². The van der Waals surface area contributed by atoms with Gasteiger partial charge in [-0.05, 0) is 18.4 Å². The molecule has 1 amide bonds. The molecular formula is C11H19N3O2. The molecule has 0 radical (unpaired) electrons. The number of amides is 1. The molecule has 0 aliphatic rings. The Hall–Kier alpha value is -1.36. The van der Waals surface area contributed by atoms with Gasteiger partial charge in [-0.15, -0.1) is 0 Å². The van der Waals surface area contributed by atoms with Crippen LogP contribution in [0.1, 0.15) is 36.5 Å². The van der Waals surface area contributed by atoms with Gasteiger partial charge in [-0.25, -0.2) is 0 Å². The molecule has 3 N–H and O–H groups in total. The third kappa shape index (κ3) is 3.66. The van der Waals surface area contributed by atoms with Gasteiger partial charge < -0.3 is 10.4 Å². The molecule has 0 spiro atoms. The van der Waals surface area contributed by atoms with Crippen LogP contribution in [0.5, 0.6) is 0 Å². The van der Waals surface area contributed by atoms with Crippen LogP contribution in [-0.4, -0.2) is 34.4 Å². The topological polar surface area (TPSA) is 78.0 Å². The minimum atomic E-state index is -0.195. The summed E-state index contributed by atoms with van der Waals surface area (Å²) in [5.74, 6) is -0.128. The minimum absolute atomic E-state index is 0.0676. The lowest BCUT2D eigenvalue weighted by Gasteiger charge is -2.07. The van der Waals surface area contributed by atoms with Gasteiger partial charge in [-0.2, -0.15) is 5.10 Å². The minimum Gasteiger partial charge on any atom is -0.396 e. The quantitative estimate of drug-likeness (QED) is 0.667. The summed E-state index contributed by atoms with van der Waals surface area (Å²) < 4.78 is 0. The van der Waals surface area contributed by atoms with Crippen LogP contribution in [0.4, 0.5) is 0 Å². The summed E-state index contributed by atoms with van der Waals surface area (Å²) in [5, 5.41) is 18.3. The summed E-state index contributed by atoms with van der Waals surface area (Å²) in [6.07, 6.45) is 1.91. The van der Waals surface area contributed by atoms with E-state index in [1.54, 1.807) is 6.07 Å². The predicted molar refractivity (Wildman–Crippen MR) is 61.2 cm³/mol. The number of aliphatic hydroxyl groups excluding tert-OH is 1. The molecular weight excluding hydrogens is 206 g/mol. The molecule has 1 aromatic heterocycles. The number of nitrogens with zero attached hydrogens (tertiary/aromatic N) is 1. The van der Waals surface area contributed by atoms with E-state index < -0.39 is 0 Å². The number of hydrogen-bond acceptors (Lipinski definition) is 3. The number of aliphatic hydroxyl groups is 1. The van der Waals surface area contributed by atoms with E-state index in [0.29, 0.717) is 12.2 Å². The zero-order valence-corrected chi connectivity index (χ0v) is 9.79. The van der Waals surface area contributed by atoms with Crippen LogP contribution in [0.3, 0.4) is 0 Å². The summed E-state index contributed by atoms with van der Waals surface area (Å²) in [4.78, 5) is 11.6. The van der Waals surface area contributed by atoms with Gasteiger partial charge in [-0.1, -0.05) is 20.3 Å². The van der Waals surface area contributed by atoms with Crippen molar-refractivity contribution >= 4 is 5.91 Å². The normalized spacial score (nSPS) is 12.4. The smallest absolute Gasteiger partial charge is 0.271 e. The van der Waals surface area contributed by atoms with E-state index in [1.165, 1.54) is 0 Å². The van der Waals surface area contributed by atoms with Crippen LogP contribution >= 0.6 is 0 Å². The maximum Gasteiger partial charge on any atom is 0.271 e. The first kappa shape index (κ1) is 12.7. The Morgan fingerprint density at radius 2 is 2.44 bits per heavy atom. The van der Waals surface area contributed by atoms with Gasteiger partial charge >= 0.3 is 0 Å². The SMILES string of the molecule is CCCc1cc(C(=O)NCC(C)CO)n[nH]1. The van der Waals surface area contributed by atoms with Crippen molar-refractivity contribution in [3.8, 4) is 0 Å². The number of nitrogens with one attached hydrogen (secondary N) is 2. The lowest BCUT2D eigenvalue weighted by Crippen LogP contribution is -2.29. The Labute approximate surface area is 95.3 Å². The summed E-state index contributed by atoms with van der Waals surface area (Å²) in [5.41, 5.74) is 1.39. The first-order valence-corrected chi connectivity index (χ1v) is 5.60. The zero-order chi connectivity index (χ0) is 12.0. The Bertz CT molecular complexity index is 336. The zero-order valence-electron chi connectivity index (χ0n) is 9.79. The van der Waals surface area contributed by atoms with E-state index in [4.69, 9.17) is 5.11 Å². The summed E-state index contributed by atoms with van der Waals surface area (Å²) in [6, 6.07) is 1.77. The highest BCUT2D eigenvalue weighted by atomic mass is 16.3. The number of H-pyrrole nitrogens is 1. The Balaban J connectivity index is 2.46. The number of aromatic nitrogens is 2. The number of carbonyl (C=O) groups is 1. The molecule has 5 nitrogen and oxygen atoms in total. The molecule has 90 valence electrons. The number of rotatable bonds is 6. The Morgan fingerprint density at radius 1 is 1.69 bits per heavy atom. The maximum atomic E-state index is 11.6. The third-order valence-electron chi connectivity index (χ3n) is 2.31. The van der Waals surface area contributed by atoms with Gasteiger partial charge in [-0.3, -0.25) is 9.89 Å². The first-order valence-electron chi connectivity index (χ1n) is 5.60. The second kappa shape index (κ2) is 6.27. The molecule has 0 aliphatic heterocycles. The Kier molecular flexibility index (Phi) is 4.98. The maximum absolute atomic E-state index is 11.6. The molecule has 16 heavy (non-hydrogen) atoms. The molecule has 1 rings (SSSR count). The molecule has 0 bridgehead atoms. The van der Waals surface area contributed by atoms with Gasteiger partial charge in [0, 0.05) is 18.8 Å². The van der Waals surface area contributed by atoms with Gasteiger partial charge in [0.15, 0.2) is 0 Å². The molecule has 1 heterocycles. The fraction of sp³-hybridized carbons (Fsp3) is 0.636. The van der Waals surface area contributed by atoms with Gasteiger partial charge in [0.2, 0.25) is 0 Å². The van der Waals surface area contributed by atoms with Crippen LogP contribution in [0.25, 0.3) is 0 Å². The van der Waals surface area contributed by atoms with Crippen molar-refractivity contribution in [1.29, 1.82) is 0 Å².